The van der Waals surface area contributed by atoms with Crippen LogP contribution in [0.25, 0.3) is 0 Å². The normalized spacial score (nSPS) is 15.5. The SMILES string of the molecule is COC(=O)C1=C(C(=O)OC)N(c2c([N+](=O)[O-])cc(Br)c(F)c2F)C(N)=C(C#N)C1c1ccccc1. The topological polar surface area (TPSA) is 149 Å². The number of rotatable bonds is 5. The van der Waals surface area contributed by atoms with Crippen LogP contribution in [0.15, 0.2) is 63.5 Å². The van der Waals surface area contributed by atoms with Gasteiger partial charge in [-0.1, -0.05) is 30.3 Å². The second-order valence-corrected chi connectivity index (χ2v) is 7.80. The lowest BCUT2D eigenvalue weighted by Gasteiger charge is -2.35. The molecule has 1 atom stereocenters. The smallest absolute Gasteiger partial charge is 0.355 e. The van der Waals surface area contributed by atoms with Crippen molar-refractivity contribution in [1.82, 2.24) is 0 Å². The van der Waals surface area contributed by atoms with E-state index in [4.69, 9.17) is 15.2 Å². The molecule has 2 aromatic carbocycles. The Labute approximate surface area is 205 Å². The van der Waals surface area contributed by atoms with Crippen LogP contribution in [0, 0.1) is 33.1 Å². The van der Waals surface area contributed by atoms with Crippen LogP contribution in [0.1, 0.15) is 11.5 Å². The van der Waals surface area contributed by atoms with E-state index in [0.717, 1.165) is 14.2 Å². The number of allylic oxidation sites excluding steroid dienone is 1. The van der Waals surface area contributed by atoms with Crippen LogP contribution < -0.4 is 10.6 Å². The number of ether oxygens (including phenoxy) is 2. The van der Waals surface area contributed by atoms with E-state index in [-0.39, 0.29) is 5.57 Å². The lowest BCUT2D eigenvalue weighted by Crippen LogP contribution is -2.41. The number of carbonyl (C=O) groups is 2. The highest BCUT2D eigenvalue weighted by atomic mass is 79.9. The molecule has 0 aromatic heterocycles. The lowest BCUT2D eigenvalue weighted by molar-refractivity contribution is -0.384. The standard InChI is InChI=1S/C22H15BrF2N4O6/c1-34-21(30)15-14(10-6-4-3-5-7-10)11(9-26)20(27)28(19(15)22(31)35-2)18-13(29(32)33)8-12(23)16(24)17(18)25/h3-8,14H,27H2,1-2H3. The summed E-state index contributed by atoms with van der Waals surface area (Å²) in [4.78, 5) is 37.1. The third-order valence-corrected chi connectivity index (χ3v) is 5.72. The van der Waals surface area contributed by atoms with Crippen molar-refractivity contribution in [3.05, 3.63) is 90.8 Å². The first-order valence-electron chi connectivity index (χ1n) is 9.58. The number of hydrogen-bond donors (Lipinski definition) is 1. The maximum absolute atomic E-state index is 15.2. The number of halogens is 3. The number of nitriles is 1. The van der Waals surface area contributed by atoms with Gasteiger partial charge in [0, 0.05) is 6.07 Å². The van der Waals surface area contributed by atoms with Crippen LogP contribution in [-0.2, 0) is 19.1 Å². The first kappa shape index (κ1) is 25.3. The summed E-state index contributed by atoms with van der Waals surface area (Å²) < 4.78 is 38.8. The van der Waals surface area contributed by atoms with Gasteiger partial charge in [-0.05, 0) is 21.5 Å². The van der Waals surface area contributed by atoms with Gasteiger partial charge in [-0.2, -0.15) is 5.26 Å². The Morgan fingerprint density at radius 2 is 1.77 bits per heavy atom. The first-order valence-corrected chi connectivity index (χ1v) is 10.4. The average Bonchev–Trinajstić information content (AvgIpc) is 2.86. The summed E-state index contributed by atoms with van der Waals surface area (Å²) in [6, 6.07) is 10.4. The van der Waals surface area contributed by atoms with Gasteiger partial charge in [-0.3, -0.25) is 15.0 Å². The molecule has 13 heteroatoms. The maximum Gasteiger partial charge on any atom is 0.355 e. The van der Waals surface area contributed by atoms with Gasteiger partial charge in [0.15, 0.2) is 17.3 Å². The number of nitro groups is 1. The van der Waals surface area contributed by atoms with E-state index in [1.54, 1.807) is 24.3 Å². The van der Waals surface area contributed by atoms with Crippen molar-refractivity contribution in [3.8, 4) is 6.07 Å². The fourth-order valence-corrected chi connectivity index (χ4v) is 4.06. The quantitative estimate of drug-likeness (QED) is 0.256. The third kappa shape index (κ3) is 4.19. The van der Waals surface area contributed by atoms with Crippen molar-refractivity contribution in [3.63, 3.8) is 0 Å². The fourth-order valence-electron chi connectivity index (χ4n) is 3.67. The number of hydrogen-bond acceptors (Lipinski definition) is 9. The number of benzene rings is 2. The Hall–Kier alpha value is -4.31. The molecule has 180 valence electrons. The van der Waals surface area contributed by atoms with Gasteiger partial charge in [-0.25, -0.2) is 18.4 Å². The average molecular weight is 549 g/mol. The van der Waals surface area contributed by atoms with Crippen LogP contribution in [-0.4, -0.2) is 31.1 Å². The van der Waals surface area contributed by atoms with E-state index in [9.17, 15) is 29.4 Å². The molecule has 0 bridgehead atoms. The van der Waals surface area contributed by atoms with E-state index in [0.29, 0.717) is 16.5 Å². The van der Waals surface area contributed by atoms with Gasteiger partial charge in [0.2, 0.25) is 0 Å². The summed E-state index contributed by atoms with van der Waals surface area (Å²) in [5, 5.41) is 21.7. The molecule has 1 heterocycles. The van der Waals surface area contributed by atoms with Crippen molar-refractivity contribution in [1.29, 1.82) is 5.26 Å². The van der Waals surface area contributed by atoms with Crippen LogP contribution in [0.4, 0.5) is 20.2 Å². The molecule has 1 aliphatic rings. The Kier molecular flexibility index (Phi) is 7.16. The highest BCUT2D eigenvalue weighted by Crippen LogP contribution is 2.47. The largest absolute Gasteiger partial charge is 0.466 e. The molecule has 0 radical (unpaired) electrons. The van der Waals surface area contributed by atoms with Crippen molar-refractivity contribution in [2.24, 2.45) is 5.73 Å². The van der Waals surface area contributed by atoms with Crippen LogP contribution >= 0.6 is 15.9 Å². The van der Waals surface area contributed by atoms with Gasteiger partial charge in [0.05, 0.1) is 46.7 Å². The zero-order valence-corrected chi connectivity index (χ0v) is 19.6. The van der Waals surface area contributed by atoms with Crippen molar-refractivity contribution in [2.75, 3.05) is 19.1 Å². The zero-order valence-electron chi connectivity index (χ0n) is 18.0. The summed E-state index contributed by atoms with van der Waals surface area (Å²) in [6.45, 7) is 0. The molecule has 2 aromatic rings. The van der Waals surface area contributed by atoms with E-state index in [1.807, 2.05) is 0 Å². The minimum atomic E-state index is -1.77. The van der Waals surface area contributed by atoms with Crippen molar-refractivity contribution < 1.29 is 32.8 Å². The monoisotopic (exact) mass is 548 g/mol. The van der Waals surface area contributed by atoms with E-state index in [1.165, 1.54) is 12.1 Å². The van der Waals surface area contributed by atoms with Gasteiger partial charge < -0.3 is 15.2 Å². The predicted octanol–water partition coefficient (Wildman–Crippen LogP) is 3.53. The molecule has 0 saturated heterocycles. The molecule has 2 N–H and O–H groups in total. The zero-order chi connectivity index (χ0) is 26.0. The third-order valence-electron chi connectivity index (χ3n) is 5.15. The highest BCUT2D eigenvalue weighted by molar-refractivity contribution is 9.10. The molecule has 1 aliphatic heterocycles. The fraction of sp³-hybridized carbons (Fsp3) is 0.136. The number of anilines is 1. The minimum Gasteiger partial charge on any atom is -0.466 e. The van der Waals surface area contributed by atoms with Gasteiger partial charge in [0.25, 0.3) is 5.69 Å². The number of nitro benzene ring substituents is 1. The number of nitrogens with zero attached hydrogens (tertiary/aromatic N) is 3. The number of nitrogens with two attached hydrogens (primary N) is 1. The molecule has 0 aliphatic carbocycles. The minimum absolute atomic E-state index is 0.324. The highest BCUT2D eigenvalue weighted by Gasteiger charge is 2.46. The summed E-state index contributed by atoms with van der Waals surface area (Å²) in [6.07, 6.45) is 0. The Morgan fingerprint density at radius 1 is 1.17 bits per heavy atom. The van der Waals surface area contributed by atoms with E-state index < -0.39 is 67.4 Å². The second-order valence-electron chi connectivity index (χ2n) is 6.95. The van der Waals surface area contributed by atoms with Crippen molar-refractivity contribution >= 4 is 39.2 Å². The molecular weight excluding hydrogens is 534 g/mol. The molecule has 0 spiro atoms. The van der Waals surface area contributed by atoms with Gasteiger partial charge >= 0.3 is 11.9 Å². The first-order chi connectivity index (χ1) is 16.6. The molecule has 0 amide bonds. The number of esters is 2. The summed E-state index contributed by atoms with van der Waals surface area (Å²) in [5.74, 6) is -7.66. The summed E-state index contributed by atoms with van der Waals surface area (Å²) in [7, 11) is 1.93. The van der Waals surface area contributed by atoms with E-state index in [2.05, 4.69) is 15.9 Å². The molecule has 0 saturated carbocycles. The Bertz CT molecular complexity index is 1350. The van der Waals surface area contributed by atoms with Crippen LogP contribution in [0.2, 0.25) is 0 Å². The molecular formula is C22H15BrF2N4O6. The summed E-state index contributed by atoms with van der Waals surface area (Å²) >= 11 is 2.70. The summed E-state index contributed by atoms with van der Waals surface area (Å²) in [5.41, 5.74) is 2.69. The van der Waals surface area contributed by atoms with Crippen LogP contribution in [0.5, 0.6) is 0 Å². The maximum atomic E-state index is 15.2. The lowest BCUT2D eigenvalue weighted by atomic mass is 9.81. The molecule has 0 fully saturated rings. The number of methoxy groups -OCH3 is 2. The molecule has 10 nitrogen and oxygen atoms in total. The molecule has 1 unspecified atom stereocenters. The second kappa shape index (κ2) is 9.90. The van der Waals surface area contributed by atoms with Crippen molar-refractivity contribution in [2.45, 2.75) is 5.92 Å². The van der Waals surface area contributed by atoms with Crippen LogP contribution in [0.3, 0.4) is 0 Å². The van der Waals surface area contributed by atoms with Gasteiger partial charge in [0.1, 0.15) is 11.5 Å². The molecule has 3 rings (SSSR count). The predicted molar refractivity (Wildman–Crippen MR) is 120 cm³/mol. The Balaban J connectivity index is 2.56. The molecule has 35 heavy (non-hydrogen) atoms. The van der Waals surface area contributed by atoms with Gasteiger partial charge in [-0.15, -0.1) is 0 Å². The Morgan fingerprint density at radius 3 is 2.29 bits per heavy atom. The van der Waals surface area contributed by atoms with E-state index >= 15 is 4.39 Å². The number of carbonyl (C=O) groups excluding carboxylic acids is 2.